The van der Waals surface area contributed by atoms with Crippen LogP contribution in [-0.2, 0) is 0 Å². The molecule has 1 aliphatic rings. The van der Waals surface area contributed by atoms with Gasteiger partial charge in [0, 0.05) is 12.7 Å². The molecule has 1 aromatic rings. The third-order valence-electron chi connectivity index (χ3n) is 2.55. The van der Waals surface area contributed by atoms with Gasteiger partial charge < -0.3 is 10.1 Å². The molecule has 0 amide bonds. The predicted octanol–water partition coefficient (Wildman–Crippen LogP) is 2.50. The van der Waals surface area contributed by atoms with Crippen LogP contribution in [-0.4, -0.2) is 13.7 Å². The Balaban J connectivity index is 2.42. The van der Waals surface area contributed by atoms with Crippen LogP contribution in [0.15, 0.2) is 36.6 Å². The maximum atomic E-state index is 5.23. The minimum absolute atomic E-state index is 0.899. The van der Waals surface area contributed by atoms with Crippen LogP contribution in [0.1, 0.15) is 11.1 Å². The Morgan fingerprint density at radius 2 is 2.20 bits per heavy atom. The second-order valence-corrected chi connectivity index (χ2v) is 3.59. The molecule has 78 valence electrons. The summed E-state index contributed by atoms with van der Waals surface area (Å²) in [5.74, 6) is 0.899. The molecule has 0 aromatic heterocycles. The highest BCUT2D eigenvalue weighted by molar-refractivity contribution is 5.77. The Kier molecular flexibility index (Phi) is 2.77. The number of rotatable bonds is 2. The van der Waals surface area contributed by atoms with Gasteiger partial charge in [-0.05, 0) is 35.8 Å². The monoisotopic (exact) mass is 201 g/mol. The second-order valence-electron chi connectivity index (χ2n) is 3.59. The van der Waals surface area contributed by atoms with Gasteiger partial charge in [-0.1, -0.05) is 18.2 Å². The molecule has 0 unspecified atom stereocenters. The van der Waals surface area contributed by atoms with E-state index in [0.29, 0.717) is 0 Å². The van der Waals surface area contributed by atoms with Crippen LogP contribution in [0.25, 0.3) is 5.57 Å². The zero-order valence-electron chi connectivity index (χ0n) is 9.08. The quantitative estimate of drug-likeness (QED) is 0.793. The number of benzene rings is 1. The van der Waals surface area contributed by atoms with Gasteiger partial charge in [0.25, 0.3) is 0 Å². The van der Waals surface area contributed by atoms with Crippen molar-refractivity contribution in [3.63, 3.8) is 0 Å². The molecular weight excluding hydrogens is 186 g/mol. The number of hydrogen-bond acceptors (Lipinski definition) is 2. The highest BCUT2D eigenvalue weighted by atomic mass is 16.5. The average molecular weight is 201 g/mol. The Morgan fingerprint density at radius 1 is 1.33 bits per heavy atom. The Labute approximate surface area is 90.3 Å². The largest absolute Gasteiger partial charge is 0.497 e. The van der Waals surface area contributed by atoms with Gasteiger partial charge in [-0.25, -0.2) is 0 Å². The molecule has 0 saturated carbocycles. The van der Waals surface area contributed by atoms with Gasteiger partial charge in [-0.2, -0.15) is 0 Å². The van der Waals surface area contributed by atoms with Crippen LogP contribution in [0.2, 0.25) is 0 Å². The van der Waals surface area contributed by atoms with Gasteiger partial charge in [0.1, 0.15) is 5.75 Å². The van der Waals surface area contributed by atoms with E-state index in [1.54, 1.807) is 7.11 Å². The summed E-state index contributed by atoms with van der Waals surface area (Å²) in [7, 11) is 1.69. The lowest BCUT2D eigenvalue weighted by molar-refractivity contribution is 0.414. The highest BCUT2D eigenvalue weighted by Gasteiger charge is 2.05. The maximum absolute atomic E-state index is 5.23. The SMILES string of the molecule is COc1ccc(C)c(C2=CNCC=C2)c1. The van der Waals surface area contributed by atoms with Crippen LogP contribution < -0.4 is 10.1 Å². The van der Waals surface area contributed by atoms with E-state index in [9.17, 15) is 0 Å². The maximum Gasteiger partial charge on any atom is 0.119 e. The van der Waals surface area contributed by atoms with Crippen molar-refractivity contribution in [3.05, 3.63) is 47.7 Å². The summed E-state index contributed by atoms with van der Waals surface area (Å²) in [6.07, 6.45) is 6.30. The van der Waals surface area contributed by atoms with Crippen molar-refractivity contribution >= 4 is 5.57 Å². The smallest absolute Gasteiger partial charge is 0.119 e. The van der Waals surface area contributed by atoms with E-state index in [1.165, 1.54) is 16.7 Å². The molecule has 0 bridgehead atoms. The van der Waals surface area contributed by atoms with Crippen LogP contribution in [0.4, 0.5) is 0 Å². The molecule has 0 radical (unpaired) electrons. The summed E-state index contributed by atoms with van der Waals surface area (Å²) in [5.41, 5.74) is 3.69. The van der Waals surface area contributed by atoms with E-state index in [-0.39, 0.29) is 0 Å². The fraction of sp³-hybridized carbons (Fsp3) is 0.231. The fourth-order valence-electron chi connectivity index (χ4n) is 1.68. The Hall–Kier alpha value is -1.70. The van der Waals surface area contributed by atoms with E-state index < -0.39 is 0 Å². The number of allylic oxidation sites excluding steroid dienone is 2. The molecule has 0 aliphatic carbocycles. The Bertz CT molecular complexity index is 419. The lowest BCUT2D eigenvalue weighted by Crippen LogP contribution is -2.09. The molecule has 2 heteroatoms. The molecule has 2 nitrogen and oxygen atoms in total. The number of hydrogen-bond donors (Lipinski definition) is 1. The van der Waals surface area contributed by atoms with Gasteiger partial charge in [0.2, 0.25) is 0 Å². The summed E-state index contributed by atoms with van der Waals surface area (Å²) >= 11 is 0. The van der Waals surface area contributed by atoms with Crippen molar-refractivity contribution in [3.8, 4) is 5.75 Å². The fourth-order valence-corrected chi connectivity index (χ4v) is 1.68. The minimum atomic E-state index is 0.899. The van der Waals surface area contributed by atoms with Crippen molar-refractivity contribution in [2.24, 2.45) is 0 Å². The molecule has 0 saturated heterocycles. The van der Waals surface area contributed by atoms with Crippen LogP contribution in [0.3, 0.4) is 0 Å². The van der Waals surface area contributed by atoms with E-state index in [2.05, 4.69) is 36.5 Å². The molecule has 1 aromatic carbocycles. The number of methoxy groups -OCH3 is 1. The van der Waals surface area contributed by atoms with E-state index in [4.69, 9.17) is 4.74 Å². The first-order chi connectivity index (χ1) is 7.31. The topological polar surface area (TPSA) is 21.3 Å². The van der Waals surface area contributed by atoms with Crippen molar-refractivity contribution in [1.29, 1.82) is 0 Å². The lowest BCUT2D eigenvalue weighted by atomic mass is 9.99. The van der Waals surface area contributed by atoms with Crippen LogP contribution >= 0.6 is 0 Å². The van der Waals surface area contributed by atoms with Gasteiger partial charge in [0.05, 0.1) is 7.11 Å². The molecule has 1 aliphatic heterocycles. The summed E-state index contributed by atoms with van der Waals surface area (Å²) in [5, 5.41) is 3.21. The molecule has 1 heterocycles. The molecule has 0 fully saturated rings. The first kappa shape index (κ1) is 9.84. The molecule has 15 heavy (non-hydrogen) atoms. The summed E-state index contributed by atoms with van der Waals surface area (Å²) in [4.78, 5) is 0. The van der Waals surface area contributed by atoms with Gasteiger partial charge in [-0.15, -0.1) is 0 Å². The van der Waals surface area contributed by atoms with Crippen molar-refractivity contribution in [2.45, 2.75) is 6.92 Å². The third-order valence-corrected chi connectivity index (χ3v) is 2.55. The number of nitrogens with one attached hydrogen (secondary N) is 1. The first-order valence-electron chi connectivity index (χ1n) is 5.06. The number of aryl methyl sites for hydroxylation is 1. The average Bonchev–Trinajstić information content (AvgIpc) is 2.31. The standard InChI is InChI=1S/C13H15NO/c1-10-5-6-12(15-2)8-13(10)11-4-3-7-14-9-11/h3-6,8-9,14H,7H2,1-2H3. The van der Waals surface area contributed by atoms with Gasteiger partial charge in [0.15, 0.2) is 0 Å². The lowest BCUT2D eigenvalue weighted by Gasteiger charge is -2.12. The normalized spacial score (nSPS) is 14.4. The molecule has 0 spiro atoms. The van der Waals surface area contributed by atoms with Gasteiger partial charge in [-0.3, -0.25) is 0 Å². The van der Waals surface area contributed by atoms with E-state index >= 15 is 0 Å². The van der Waals surface area contributed by atoms with Crippen LogP contribution in [0.5, 0.6) is 5.75 Å². The molecule has 0 atom stereocenters. The minimum Gasteiger partial charge on any atom is -0.497 e. The van der Waals surface area contributed by atoms with Crippen LogP contribution in [0, 0.1) is 6.92 Å². The molecule has 2 rings (SSSR count). The predicted molar refractivity (Wildman–Crippen MR) is 62.9 cm³/mol. The van der Waals surface area contributed by atoms with E-state index in [0.717, 1.165) is 12.3 Å². The first-order valence-corrected chi connectivity index (χ1v) is 5.06. The second kappa shape index (κ2) is 4.22. The zero-order valence-corrected chi connectivity index (χ0v) is 9.08. The summed E-state index contributed by atoms with van der Waals surface area (Å²) in [6.45, 7) is 3.02. The molecular formula is C13H15NO. The van der Waals surface area contributed by atoms with Crippen molar-refractivity contribution < 1.29 is 4.74 Å². The summed E-state index contributed by atoms with van der Waals surface area (Å²) in [6, 6.07) is 6.13. The van der Waals surface area contributed by atoms with Gasteiger partial charge >= 0.3 is 0 Å². The number of ether oxygens (including phenoxy) is 1. The number of dihydropyridines is 1. The zero-order chi connectivity index (χ0) is 10.7. The highest BCUT2D eigenvalue weighted by Crippen LogP contribution is 2.25. The third kappa shape index (κ3) is 2.04. The van der Waals surface area contributed by atoms with Crippen molar-refractivity contribution in [2.75, 3.05) is 13.7 Å². The summed E-state index contributed by atoms with van der Waals surface area (Å²) < 4.78 is 5.23. The van der Waals surface area contributed by atoms with E-state index in [1.807, 2.05) is 12.3 Å². The Morgan fingerprint density at radius 3 is 2.87 bits per heavy atom. The molecule has 1 N–H and O–H groups in total. The van der Waals surface area contributed by atoms with Crippen molar-refractivity contribution in [1.82, 2.24) is 5.32 Å².